The fourth-order valence-corrected chi connectivity index (χ4v) is 3.78. The molecular weight excluding hydrogens is 402 g/mol. The monoisotopic (exact) mass is 425 g/mol. The summed E-state index contributed by atoms with van der Waals surface area (Å²) in [6.45, 7) is 3.94. The van der Waals surface area contributed by atoms with E-state index in [1.807, 2.05) is 62.0 Å². The molecule has 6 nitrogen and oxygen atoms in total. The first-order chi connectivity index (χ1) is 14.3. The van der Waals surface area contributed by atoms with Gasteiger partial charge >= 0.3 is 0 Å². The van der Waals surface area contributed by atoms with Gasteiger partial charge in [0, 0.05) is 36.4 Å². The number of benzene rings is 2. The molecule has 156 valence electrons. The molecule has 1 N–H and O–H groups in total. The minimum Gasteiger partial charge on any atom is -0.483 e. The molecule has 0 radical (unpaired) electrons. The first-order valence-electron chi connectivity index (χ1n) is 9.78. The van der Waals surface area contributed by atoms with E-state index >= 15 is 0 Å². The second-order valence-electron chi connectivity index (χ2n) is 8.02. The lowest BCUT2D eigenvalue weighted by atomic mass is 10.0. The topological polar surface area (TPSA) is 65.4 Å². The summed E-state index contributed by atoms with van der Waals surface area (Å²) >= 11 is 6.02. The third-order valence-corrected chi connectivity index (χ3v) is 5.29. The Labute approximate surface area is 180 Å². The largest absolute Gasteiger partial charge is 0.483 e. The molecule has 0 fully saturated rings. The Balaban J connectivity index is 1.49. The predicted molar refractivity (Wildman–Crippen MR) is 115 cm³/mol. The normalized spacial score (nSPS) is 15.2. The van der Waals surface area contributed by atoms with Crippen molar-refractivity contribution in [3.05, 3.63) is 76.8 Å². The number of para-hydroxylation sites is 1. The van der Waals surface area contributed by atoms with Gasteiger partial charge in [0.1, 0.15) is 17.5 Å². The lowest BCUT2D eigenvalue weighted by Crippen LogP contribution is -2.34. The highest BCUT2D eigenvalue weighted by Gasteiger charge is 2.32. The first kappa shape index (κ1) is 20.3. The number of amides is 1. The number of fused-ring (bicyclic) bond motifs is 1. The van der Waals surface area contributed by atoms with Crippen LogP contribution in [0.15, 0.2) is 54.9 Å². The van der Waals surface area contributed by atoms with Crippen LogP contribution in [0.3, 0.4) is 0 Å². The van der Waals surface area contributed by atoms with Crippen molar-refractivity contribution >= 4 is 17.5 Å². The maximum atomic E-state index is 12.8. The minimum absolute atomic E-state index is 0.130. The molecule has 1 amide bonds. The Kier molecular flexibility index (Phi) is 5.43. The maximum absolute atomic E-state index is 12.8. The number of nitrogens with one attached hydrogen (secondary N) is 1. The van der Waals surface area contributed by atoms with Crippen LogP contribution in [-0.2, 0) is 18.3 Å². The molecule has 1 atom stereocenters. The lowest BCUT2D eigenvalue weighted by molar-refractivity contribution is -0.123. The smallest absolute Gasteiger partial charge is 0.258 e. The summed E-state index contributed by atoms with van der Waals surface area (Å²) in [5, 5.41) is 3.65. The number of rotatable bonds is 6. The fraction of sp³-hybridized carbons (Fsp3) is 0.304. The highest BCUT2D eigenvalue weighted by molar-refractivity contribution is 6.30. The Morgan fingerprint density at radius 1 is 1.30 bits per heavy atom. The van der Waals surface area contributed by atoms with E-state index in [0.717, 1.165) is 23.4 Å². The number of imidazole rings is 1. The van der Waals surface area contributed by atoms with Crippen LogP contribution in [0.2, 0.25) is 5.02 Å². The predicted octanol–water partition coefficient (Wildman–Crippen LogP) is 4.07. The number of aryl methyl sites for hydroxylation is 1. The van der Waals surface area contributed by atoms with E-state index in [9.17, 15) is 4.79 Å². The summed E-state index contributed by atoms with van der Waals surface area (Å²) < 4.78 is 13.7. The second kappa shape index (κ2) is 8.03. The van der Waals surface area contributed by atoms with Crippen molar-refractivity contribution in [2.45, 2.75) is 31.9 Å². The van der Waals surface area contributed by atoms with E-state index in [4.69, 9.17) is 21.1 Å². The van der Waals surface area contributed by atoms with Gasteiger partial charge in [-0.1, -0.05) is 35.9 Å². The van der Waals surface area contributed by atoms with Crippen LogP contribution in [0.4, 0.5) is 0 Å². The number of ether oxygens (including phenoxy) is 2. The number of hydrogen-bond donors (Lipinski definition) is 1. The van der Waals surface area contributed by atoms with Gasteiger partial charge in [0.15, 0.2) is 18.1 Å². The van der Waals surface area contributed by atoms with Crippen LogP contribution >= 0.6 is 11.6 Å². The Morgan fingerprint density at radius 2 is 2.07 bits per heavy atom. The number of halogens is 1. The summed E-state index contributed by atoms with van der Waals surface area (Å²) in [7, 11) is 1.89. The van der Waals surface area contributed by atoms with Gasteiger partial charge in [-0.05, 0) is 37.6 Å². The third kappa shape index (κ3) is 4.28. The molecule has 0 spiro atoms. The third-order valence-electron chi connectivity index (χ3n) is 5.04. The minimum atomic E-state index is -0.421. The van der Waals surface area contributed by atoms with Gasteiger partial charge in [0.05, 0.1) is 0 Å². The molecule has 0 bridgehead atoms. The summed E-state index contributed by atoms with van der Waals surface area (Å²) in [5.41, 5.74) is 1.69. The zero-order valence-electron chi connectivity index (χ0n) is 17.2. The number of carbonyl (C=O) groups excluding carboxylic acids is 1. The zero-order valence-corrected chi connectivity index (χ0v) is 17.9. The van der Waals surface area contributed by atoms with E-state index < -0.39 is 6.04 Å². The summed E-state index contributed by atoms with van der Waals surface area (Å²) in [6.07, 6.45) is 4.35. The molecule has 0 saturated carbocycles. The number of nitrogens with zero attached hydrogens (tertiary/aromatic N) is 2. The van der Waals surface area contributed by atoms with Crippen LogP contribution in [0.1, 0.15) is 36.8 Å². The number of carbonyl (C=O) groups is 1. The van der Waals surface area contributed by atoms with Gasteiger partial charge in [-0.3, -0.25) is 4.79 Å². The van der Waals surface area contributed by atoms with Gasteiger partial charge in [-0.2, -0.15) is 0 Å². The first-order valence-corrected chi connectivity index (χ1v) is 10.2. The number of hydrogen-bond acceptors (Lipinski definition) is 4. The molecule has 1 aliphatic rings. The van der Waals surface area contributed by atoms with Gasteiger partial charge in [-0.25, -0.2) is 4.98 Å². The average molecular weight is 426 g/mol. The van der Waals surface area contributed by atoms with E-state index in [1.165, 1.54) is 0 Å². The summed E-state index contributed by atoms with van der Waals surface area (Å²) in [5.74, 6) is 1.76. The Morgan fingerprint density at radius 3 is 2.77 bits per heavy atom. The van der Waals surface area contributed by atoms with Crippen LogP contribution < -0.4 is 14.8 Å². The molecule has 1 aliphatic heterocycles. The zero-order chi connectivity index (χ0) is 21.3. The van der Waals surface area contributed by atoms with Crippen LogP contribution in [-0.4, -0.2) is 27.7 Å². The van der Waals surface area contributed by atoms with Crippen LogP contribution in [0.5, 0.6) is 11.5 Å². The molecule has 0 saturated heterocycles. The van der Waals surface area contributed by atoms with E-state index in [1.54, 1.807) is 18.3 Å². The van der Waals surface area contributed by atoms with Crippen molar-refractivity contribution in [2.75, 3.05) is 6.61 Å². The van der Waals surface area contributed by atoms with Crippen molar-refractivity contribution in [3.63, 3.8) is 0 Å². The molecule has 0 aliphatic carbocycles. The van der Waals surface area contributed by atoms with Crippen molar-refractivity contribution in [1.29, 1.82) is 0 Å². The summed E-state index contributed by atoms with van der Waals surface area (Å²) in [6, 6.07) is 12.7. The van der Waals surface area contributed by atoms with Crippen molar-refractivity contribution in [2.24, 2.45) is 7.05 Å². The van der Waals surface area contributed by atoms with Gasteiger partial charge in [-0.15, -0.1) is 0 Å². The van der Waals surface area contributed by atoms with Crippen molar-refractivity contribution in [3.8, 4) is 11.5 Å². The highest BCUT2D eigenvalue weighted by atomic mass is 35.5. The molecule has 30 heavy (non-hydrogen) atoms. The van der Waals surface area contributed by atoms with Gasteiger partial charge < -0.3 is 19.4 Å². The van der Waals surface area contributed by atoms with E-state index in [-0.39, 0.29) is 18.1 Å². The van der Waals surface area contributed by atoms with E-state index in [2.05, 4.69) is 10.3 Å². The molecule has 2 aromatic carbocycles. The number of aromatic nitrogens is 2. The van der Waals surface area contributed by atoms with Crippen LogP contribution in [0.25, 0.3) is 0 Å². The standard InChI is InChI=1S/C23H24ClN3O3/c1-23(2)13-16-5-4-6-18(21(16)30-23)29-14-19(28)26-20(22-25-11-12-27(22)3)15-7-9-17(24)10-8-15/h4-12,20H,13-14H2,1-3H3,(H,26,28)/t20-/m1/s1. The fourth-order valence-electron chi connectivity index (χ4n) is 3.65. The Hall–Kier alpha value is -2.99. The molecule has 7 heteroatoms. The summed E-state index contributed by atoms with van der Waals surface area (Å²) in [4.78, 5) is 17.2. The molecule has 2 heterocycles. The van der Waals surface area contributed by atoms with Crippen LogP contribution in [0, 0.1) is 0 Å². The van der Waals surface area contributed by atoms with E-state index in [0.29, 0.717) is 16.5 Å². The highest BCUT2D eigenvalue weighted by Crippen LogP contribution is 2.41. The Bertz CT molecular complexity index is 1060. The molecule has 3 aromatic rings. The molecule has 4 rings (SSSR count). The molecule has 1 aromatic heterocycles. The van der Waals surface area contributed by atoms with Gasteiger partial charge in [0.2, 0.25) is 0 Å². The van der Waals surface area contributed by atoms with Crippen molar-refractivity contribution < 1.29 is 14.3 Å². The average Bonchev–Trinajstić information content (AvgIpc) is 3.26. The van der Waals surface area contributed by atoms with Crippen molar-refractivity contribution in [1.82, 2.24) is 14.9 Å². The maximum Gasteiger partial charge on any atom is 0.258 e. The lowest BCUT2D eigenvalue weighted by Gasteiger charge is -2.20. The second-order valence-corrected chi connectivity index (χ2v) is 8.46. The SMILES string of the molecule is Cn1ccnc1[C@H](NC(=O)COc1cccc2c1OC(C)(C)C2)c1ccc(Cl)cc1. The quantitative estimate of drug-likeness (QED) is 0.646. The molecular formula is C23H24ClN3O3. The molecule has 0 unspecified atom stereocenters. The van der Waals surface area contributed by atoms with Gasteiger partial charge in [0.25, 0.3) is 5.91 Å².